The van der Waals surface area contributed by atoms with Crippen LogP contribution in [0, 0.1) is 0 Å². The maximum absolute atomic E-state index is 3.82. The third-order valence-electron chi connectivity index (χ3n) is 6.06. The molecule has 1 saturated heterocycles. The van der Waals surface area contributed by atoms with Gasteiger partial charge in [0.15, 0.2) is 0 Å². The van der Waals surface area contributed by atoms with Crippen LogP contribution in [0.4, 0.5) is 0 Å². The van der Waals surface area contributed by atoms with Gasteiger partial charge < -0.3 is 0 Å². The molecule has 0 bridgehead atoms. The molecule has 0 aromatic rings. The number of rotatable bonds is 6. The molecule has 0 atom stereocenters. The normalized spacial score (nSPS) is 25.0. The van der Waals surface area contributed by atoms with Crippen LogP contribution in [-0.2, 0) is 0 Å². The summed E-state index contributed by atoms with van der Waals surface area (Å²) >= 11 is 0. The van der Waals surface area contributed by atoms with Crippen LogP contribution in [0.25, 0.3) is 0 Å². The Morgan fingerprint density at radius 1 is 0.556 bits per heavy atom. The molecule has 0 amide bonds. The molecule has 1 aliphatic heterocycles. The SMILES string of the molecule is CC[Si]1(CC)NNN[Si](CC)(CC)[Si]1(CC)CC. The zero-order valence-corrected chi connectivity index (χ0v) is 16.2. The second-order valence-electron chi connectivity index (χ2n) is 5.74. The molecule has 3 nitrogen and oxygen atoms in total. The minimum atomic E-state index is -1.31. The molecule has 1 fully saturated rings. The maximum Gasteiger partial charge on any atom is 0.132 e. The lowest BCUT2D eigenvalue weighted by Gasteiger charge is -2.60. The van der Waals surface area contributed by atoms with Gasteiger partial charge in [-0.1, -0.05) is 53.6 Å². The van der Waals surface area contributed by atoms with Gasteiger partial charge in [-0.15, -0.1) is 0 Å². The number of hydrogen-bond donors (Lipinski definition) is 3. The molecule has 1 heterocycles. The molecule has 1 rings (SSSR count). The standard InChI is InChI=1S/C12H33N3Si3/c1-7-16(8-2)14-13-15-17(9-3,10-4)18(16,11-5)12-6/h13-15H,7-12H2,1-6H3. The molecule has 0 unspecified atom stereocenters. The molecule has 0 aromatic carbocycles. The van der Waals surface area contributed by atoms with Gasteiger partial charge in [0.1, 0.15) is 15.5 Å². The van der Waals surface area contributed by atoms with Gasteiger partial charge in [0.2, 0.25) is 0 Å². The second kappa shape index (κ2) is 6.32. The van der Waals surface area contributed by atoms with Crippen LogP contribution in [0.5, 0.6) is 0 Å². The highest BCUT2D eigenvalue weighted by molar-refractivity contribution is 7.69. The summed E-state index contributed by atoms with van der Waals surface area (Å²) in [6.07, 6.45) is 0. The molecule has 3 N–H and O–H groups in total. The first-order valence-corrected chi connectivity index (χ1v) is 17.1. The summed E-state index contributed by atoms with van der Waals surface area (Å²) in [7, 11) is -3.82. The van der Waals surface area contributed by atoms with Gasteiger partial charge in [0.25, 0.3) is 0 Å². The van der Waals surface area contributed by atoms with Gasteiger partial charge in [0.05, 0.1) is 7.11 Å². The lowest BCUT2D eigenvalue weighted by atomic mass is 10.9. The Bertz CT molecular complexity index is 239. The largest absolute Gasteiger partial charge is 0.269 e. The van der Waals surface area contributed by atoms with Crippen molar-refractivity contribution in [2.75, 3.05) is 0 Å². The zero-order chi connectivity index (χ0) is 13.9. The van der Waals surface area contributed by atoms with E-state index in [9.17, 15) is 0 Å². The summed E-state index contributed by atoms with van der Waals surface area (Å²) in [4.78, 5) is 0. The summed E-state index contributed by atoms with van der Waals surface area (Å²) in [6.45, 7) is 14.7. The molecule has 6 heteroatoms. The number of hydrogen-bond acceptors (Lipinski definition) is 3. The summed E-state index contributed by atoms with van der Waals surface area (Å²) in [6, 6.07) is 8.57. The van der Waals surface area contributed by atoms with Gasteiger partial charge >= 0.3 is 0 Å². The van der Waals surface area contributed by atoms with Crippen molar-refractivity contribution in [3.8, 4) is 0 Å². The van der Waals surface area contributed by atoms with Crippen molar-refractivity contribution in [3.63, 3.8) is 0 Å². The van der Waals surface area contributed by atoms with E-state index in [4.69, 9.17) is 0 Å². The second-order valence-corrected chi connectivity index (χ2v) is 30.0. The van der Waals surface area contributed by atoms with E-state index in [2.05, 4.69) is 57.3 Å². The third-order valence-corrected chi connectivity index (χ3v) is 47.0. The summed E-state index contributed by atoms with van der Waals surface area (Å²) in [5, 5.41) is 7.64. The Kier molecular flexibility index (Phi) is 5.82. The van der Waals surface area contributed by atoms with Crippen LogP contribution in [0.15, 0.2) is 0 Å². The summed E-state index contributed by atoms with van der Waals surface area (Å²) < 4.78 is 0. The molecule has 1 aliphatic rings. The van der Waals surface area contributed by atoms with Crippen molar-refractivity contribution in [2.24, 2.45) is 0 Å². The van der Waals surface area contributed by atoms with E-state index in [1.54, 1.807) is 0 Å². The fourth-order valence-electron chi connectivity index (χ4n) is 4.78. The Morgan fingerprint density at radius 2 is 0.889 bits per heavy atom. The van der Waals surface area contributed by atoms with Crippen molar-refractivity contribution < 1.29 is 0 Å². The van der Waals surface area contributed by atoms with Crippen LogP contribution in [0.3, 0.4) is 0 Å². The van der Waals surface area contributed by atoms with E-state index in [-0.39, 0.29) is 0 Å². The fourth-order valence-corrected chi connectivity index (χ4v) is 51.1. The number of nitrogens with one attached hydrogen (secondary N) is 3. The Labute approximate surface area is 116 Å². The van der Waals surface area contributed by atoms with E-state index in [1.807, 2.05) is 0 Å². The molecule has 0 spiro atoms. The smallest absolute Gasteiger partial charge is 0.132 e. The zero-order valence-electron chi connectivity index (χ0n) is 13.2. The lowest BCUT2D eigenvalue weighted by Crippen LogP contribution is -2.93. The Balaban J connectivity index is 3.37. The molecular weight excluding hydrogens is 270 g/mol. The number of hydrazine groups is 2. The van der Waals surface area contributed by atoms with E-state index < -0.39 is 22.6 Å². The van der Waals surface area contributed by atoms with Crippen LogP contribution >= 0.6 is 0 Å². The highest BCUT2D eigenvalue weighted by atomic mass is 29.6. The van der Waals surface area contributed by atoms with Gasteiger partial charge in [-0.25, -0.2) is 5.53 Å². The van der Waals surface area contributed by atoms with E-state index in [0.717, 1.165) is 0 Å². The van der Waals surface area contributed by atoms with E-state index >= 15 is 0 Å². The summed E-state index contributed by atoms with van der Waals surface area (Å²) in [5.74, 6) is 0. The van der Waals surface area contributed by atoms with E-state index in [0.29, 0.717) is 0 Å². The minimum Gasteiger partial charge on any atom is -0.269 e. The van der Waals surface area contributed by atoms with Crippen LogP contribution < -0.4 is 15.7 Å². The summed E-state index contributed by atoms with van der Waals surface area (Å²) in [5.41, 5.74) is 3.45. The molecular formula is C12H33N3Si3. The third kappa shape index (κ3) is 2.01. The predicted molar refractivity (Wildman–Crippen MR) is 89.6 cm³/mol. The quantitative estimate of drug-likeness (QED) is 0.659. The van der Waals surface area contributed by atoms with Crippen molar-refractivity contribution in [2.45, 2.75) is 77.8 Å². The van der Waals surface area contributed by atoms with Gasteiger partial charge in [-0.3, -0.25) is 10.2 Å². The maximum atomic E-state index is 3.82. The average molecular weight is 304 g/mol. The minimum absolute atomic E-state index is 1.20. The monoisotopic (exact) mass is 303 g/mol. The van der Waals surface area contributed by atoms with Gasteiger partial charge in [-0.2, -0.15) is 0 Å². The fraction of sp³-hybridized carbons (Fsp3) is 1.00. The average Bonchev–Trinajstić information content (AvgIpc) is 2.45. The van der Waals surface area contributed by atoms with E-state index in [1.165, 1.54) is 36.3 Å². The molecule has 0 radical (unpaired) electrons. The molecule has 0 aromatic heterocycles. The first kappa shape index (κ1) is 16.6. The van der Waals surface area contributed by atoms with Crippen LogP contribution in [-0.4, -0.2) is 22.6 Å². The van der Waals surface area contributed by atoms with Crippen LogP contribution in [0.1, 0.15) is 41.5 Å². The Morgan fingerprint density at radius 3 is 1.11 bits per heavy atom. The van der Waals surface area contributed by atoms with Gasteiger partial charge in [0, 0.05) is 0 Å². The first-order valence-electron chi connectivity index (χ1n) is 7.86. The first-order chi connectivity index (χ1) is 8.57. The van der Waals surface area contributed by atoms with Crippen molar-refractivity contribution in [1.29, 1.82) is 0 Å². The molecule has 18 heavy (non-hydrogen) atoms. The van der Waals surface area contributed by atoms with Crippen molar-refractivity contribution in [3.05, 3.63) is 0 Å². The highest BCUT2D eigenvalue weighted by Gasteiger charge is 2.64. The molecule has 0 aliphatic carbocycles. The Hall–Kier alpha value is 0.531. The van der Waals surface area contributed by atoms with Crippen molar-refractivity contribution in [1.82, 2.24) is 15.7 Å². The lowest BCUT2D eigenvalue weighted by molar-refractivity contribution is 0.603. The molecule has 108 valence electrons. The molecule has 0 saturated carbocycles. The highest BCUT2D eigenvalue weighted by Crippen LogP contribution is 2.41. The van der Waals surface area contributed by atoms with Gasteiger partial charge in [-0.05, 0) is 24.2 Å². The van der Waals surface area contributed by atoms with Crippen molar-refractivity contribution >= 4 is 22.6 Å². The topological polar surface area (TPSA) is 36.1 Å². The van der Waals surface area contributed by atoms with Crippen LogP contribution in [0.2, 0.25) is 36.3 Å². The predicted octanol–water partition coefficient (Wildman–Crippen LogP) is 3.21.